The number of carbonyl (C=O) groups excluding carboxylic acids is 3. The molecule has 1 saturated heterocycles. The average molecular weight is 443 g/mol. The lowest BCUT2D eigenvalue weighted by Crippen LogP contribution is -2.54. The van der Waals surface area contributed by atoms with Crippen molar-refractivity contribution in [2.75, 3.05) is 11.5 Å². The molecule has 2 aromatic carbocycles. The van der Waals surface area contributed by atoms with Crippen LogP contribution in [-0.4, -0.2) is 24.5 Å². The van der Waals surface area contributed by atoms with Crippen LogP contribution in [0.5, 0.6) is 5.75 Å². The van der Waals surface area contributed by atoms with E-state index in [9.17, 15) is 14.4 Å². The Morgan fingerprint density at radius 1 is 1.14 bits per heavy atom. The maximum Gasteiger partial charge on any atom is 0.335 e. The van der Waals surface area contributed by atoms with Crippen molar-refractivity contribution in [3.8, 4) is 5.75 Å². The van der Waals surface area contributed by atoms with Crippen molar-refractivity contribution in [2.24, 2.45) is 0 Å². The highest BCUT2D eigenvalue weighted by atomic mass is 79.9. The van der Waals surface area contributed by atoms with Gasteiger partial charge < -0.3 is 4.74 Å². The van der Waals surface area contributed by atoms with Gasteiger partial charge >= 0.3 is 6.03 Å². The van der Waals surface area contributed by atoms with Gasteiger partial charge in [-0.3, -0.25) is 14.9 Å². The maximum atomic E-state index is 13.0. The molecule has 0 radical (unpaired) electrons. The first-order valence-corrected chi connectivity index (χ1v) is 9.52. The van der Waals surface area contributed by atoms with Crippen molar-refractivity contribution < 1.29 is 19.1 Å². The Labute approximate surface area is 171 Å². The number of ether oxygens (including phenoxy) is 1. The number of anilines is 1. The Balaban J connectivity index is 2.05. The van der Waals surface area contributed by atoms with E-state index < -0.39 is 17.8 Å². The normalized spacial score (nSPS) is 15.8. The summed E-state index contributed by atoms with van der Waals surface area (Å²) in [4.78, 5) is 38.8. The van der Waals surface area contributed by atoms with Crippen LogP contribution in [0.25, 0.3) is 6.08 Å². The summed E-state index contributed by atoms with van der Waals surface area (Å²) in [6.45, 7) is 6.07. The second-order valence-corrected chi connectivity index (χ2v) is 7.25. The Hall–Kier alpha value is -2.93. The molecule has 6 nitrogen and oxygen atoms in total. The highest BCUT2D eigenvalue weighted by Crippen LogP contribution is 2.28. The van der Waals surface area contributed by atoms with Crippen LogP contribution in [0.4, 0.5) is 10.5 Å². The number of carbonyl (C=O) groups is 3. The first-order valence-electron chi connectivity index (χ1n) is 8.73. The molecule has 0 saturated carbocycles. The molecule has 1 aliphatic rings. The molecule has 0 bridgehead atoms. The molecule has 28 heavy (non-hydrogen) atoms. The van der Waals surface area contributed by atoms with Gasteiger partial charge in [0.15, 0.2) is 0 Å². The molecule has 3 rings (SSSR count). The SMILES string of the molecule is CCOc1cc(Br)cc(/C=C2\C(=O)NC(=O)N(c3cccc(C)c3C)C2=O)c1. The van der Waals surface area contributed by atoms with E-state index in [1.807, 2.05) is 26.8 Å². The summed E-state index contributed by atoms with van der Waals surface area (Å²) in [5.41, 5.74) is 2.66. The minimum Gasteiger partial charge on any atom is -0.494 e. The van der Waals surface area contributed by atoms with E-state index >= 15 is 0 Å². The molecule has 4 amide bonds. The molecule has 2 aromatic rings. The Kier molecular flexibility index (Phi) is 5.65. The zero-order valence-electron chi connectivity index (χ0n) is 15.7. The minimum absolute atomic E-state index is 0.124. The number of halogens is 1. The third-order valence-corrected chi connectivity index (χ3v) is 4.89. The van der Waals surface area contributed by atoms with Gasteiger partial charge in [-0.1, -0.05) is 28.1 Å². The summed E-state index contributed by atoms with van der Waals surface area (Å²) in [6.07, 6.45) is 1.45. The lowest BCUT2D eigenvalue weighted by Gasteiger charge is -2.28. The first kappa shape index (κ1) is 19.8. The zero-order chi connectivity index (χ0) is 20.4. The standard InChI is InChI=1S/C21H19BrN2O4/c1-4-28-16-9-14(8-15(22)11-16)10-17-19(25)23-21(27)24(20(17)26)18-7-5-6-12(2)13(18)3/h5-11H,4H2,1-3H3,(H,23,25,27)/b17-10+. The van der Waals surface area contributed by atoms with Gasteiger partial charge in [0.05, 0.1) is 12.3 Å². The minimum atomic E-state index is -0.759. The van der Waals surface area contributed by atoms with Crippen molar-refractivity contribution in [3.63, 3.8) is 0 Å². The summed E-state index contributed by atoms with van der Waals surface area (Å²) in [6, 6.07) is 9.85. The third-order valence-electron chi connectivity index (χ3n) is 4.43. The van der Waals surface area contributed by atoms with Crippen LogP contribution in [0.1, 0.15) is 23.6 Å². The summed E-state index contributed by atoms with van der Waals surface area (Å²) in [5, 5.41) is 2.25. The highest BCUT2D eigenvalue weighted by molar-refractivity contribution is 9.10. The second kappa shape index (κ2) is 7.98. The predicted octanol–water partition coefficient (Wildman–Crippen LogP) is 4.13. The van der Waals surface area contributed by atoms with Crippen LogP contribution in [0.2, 0.25) is 0 Å². The van der Waals surface area contributed by atoms with Crippen molar-refractivity contribution >= 4 is 45.5 Å². The van der Waals surface area contributed by atoms with Gasteiger partial charge in [0.2, 0.25) is 0 Å². The van der Waals surface area contributed by atoms with Gasteiger partial charge in [0, 0.05) is 4.47 Å². The maximum absolute atomic E-state index is 13.0. The van der Waals surface area contributed by atoms with Gasteiger partial charge in [-0.25, -0.2) is 9.69 Å². The average Bonchev–Trinajstić information content (AvgIpc) is 2.62. The summed E-state index contributed by atoms with van der Waals surface area (Å²) >= 11 is 3.39. The summed E-state index contributed by atoms with van der Waals surface area (Å²) in [5.74, 6) is -0.787. The number of hydrogen-bond donors (Lipinski definition) is 1. The van der Waals surface area contributed by atoms with Crippen LogP contribution in [0, 0.1) is 13.8 Å². The van der Waals surface area contributed by atoms with Gasteiger partial charge in [-0.2, -0.15) is 0 Å². The molecule has 144 valence electrons. The number of rotatable bonds is 4. The van der Waals surface area contributed by atoms with Gasteiger partial charge in [0.1, 0.15) is 11.3 Å². The first-order chi connectivity index (χ1) is 13.3. The number of barbiturate groups is 1. The Bertz CT molecular complexity index is 1010. The molecule has 0 aliphatic carbocycles. The van der Waals surface area contributed by atoms with E-state index in [2.05, 4.69) is 21.2 Å². The fraction of sp³-hybridized carbons (Fsp3) is 0.190. The molecule has 7 heteroatoms. The second-order valence-electron chi connectivity index (χ2n) is 6.33. The monoisotopic (exact) mass is 442 g/mol. The molecule has 0 spiro atoms. The van der Waals surface area contributed by atoms with Crippen LogP contribution in [-0.2, 0) is 9.59 Å². The lowest BCUT2D eigenvalue weighted by molar-refractivity contribution is -0.122. The molecule has 1 aliphatic heterocycles. The Morgan fingerprint density at radius 2 is 1.89 bits per heavy atom. The van der Waals surface area contributed by atoms with Crippen LogP contribution in [0.15, 0.2) is 46.4 Å². The highest BCUT2D eigenvalue weighted by Gasteiger charge is 2.37. The number of hydrogen-bond acceptors (Lipinski definition) is 4. The number of imide groups is 2. The molecule has 1 heterocycles. The fourth-order valence-corrected chi connectivity index (χ4v) is 3.43. The number of aryl methyl sites for hydroxylation is 1. The van der Waals surface area contributed by atoms with Crippen LogP contribution in [0.3, 0.4) is 0 Å². The molecular weight excluding hydrogens is 424 g/mol. The molecule has 1 fully saturated rings. The van der Waals surface area contributed by atoms with Crippen molar-refractivity contribution in [1.29, 1.82) is 0 Å². The third kappa shape index (κ3) is 3.84. The van der Waals surface area contributed by atoms with Crippen molar-refractivity contribution in [1.82, 2.24) is 5.32 Å². The zero-order valence-corrected chi connectivity index (χ0v) is 17.3. The predicted molar refractivity (Wildman–Crippen MR) is 110 cm³/mol. The number of nitrogens with one attached hydrogen (secondary N) is 1. The number of urea groups is 1. The van der Waals surface area contributed by atoms with Gasteiger partial charge in [-0.15, -0.1) is 0 Å². The fourth-order valence-electron chi connectivity index (χ4n) is 2.94. The lowest BCUT2D eigenvalue weighted by atomic mass is 10.0. The number of amides is 4. The van der Waals surface area contributed by atoms with Crippen molar-refractivity contribution in [3.05, 3.63) is 63.1 Å². The number of nitrogens with zero attached hydrogens (tertiary/aromatic N) is 1. The van der Waals surface area contributed by atoms with Crippen LogP contribution < -0.4 is 15.0 Å². The van der Waals surface area contributed by atoms with Gasteiger partial charge in [-0.05, 0) is 67.8 Å². The molecule has 0 aromatic heterocycles. The van der Waals surface area contributed by atoms with E-state index in [1.165, 1.54) is 6.08 Å². The summed E-state index contributed by atoms with van der Waals surface area (Å²) in [7, 11) is 0. The van der Waals surface area contributed by atoms with Crippen molar-refractivity contribution in [2.45, 2.75) is 20.8 Å². The van der Waals surface area contributed by atoms with Crippen LogP contribution >= 0.6 is 15.9 Å². The molecule has 1 N–H and O–H groups in total. The molecule has 0 unspecified atom stereocenters. The number of benzene rings is 2. The quantitative estimate of drug-likeness (QED) is 0.570. The van der Waals surface area contributed by atoms with E-state index in [0.717, 1.165) is 20.5 Å². The van der Waals surface area contributed by atoms with E-state index in [1.54, 1.807) is 30.3 Å². The molecule has 0 atom stereocenters. The van der Waals surface area contributed by atoms with E-state index in [-0.39, 0.29) is 5.57 Å². The largest absolute Gasteiger partial charge is 0.494 e. The van der Waals surface area contributed by atoms with E-state index in [0.29, 0.717) is 23.6 Å². The van der Waals surface area contributed by atoms with E-state index in [4.69, 9.17) is 4.74 Å². The van der Waals surface area contributed by atoms with Gasteiger partial charge in [0.25, 0.3) is 11.8 Å². The molecular formula is C21H19BrN2O4. The Morgan fingerprint density at radius 3 is 2.61 bits per heavy atom. The smallest absolute Gasteiger partial charge is 0.335 e. The topological polar surface area (TPSA) is 75.7 Å². The summed E-state index contributed by atoms with van der Waals surface area (Å²) < 4.78 is 6.24.